The summed E-state index contributed by atoms with van der Waals surface area (Å²) in [6.45, 7) is 5.71. The lowest BCUT2D eigenvalue weighted by atomic mass is 10.1. The quantitative estimate of drug-likeness (QED) is 0.750. The Hall–Kier alpha value is -2.04. The molecule has 1 aromatic carbocycles. The highest BCUT2D eigenvalue weighted by Crippen LogP contribution is 2.10. The van der Waals surface area contributed by atoms with Crippen LogP contribution in [0.1, 0.15) is 31.1 Å². The molecule has 5 heteroatoms. The number of carbonyl (C=O) groups excluding carboxylic acids is 2. The molecule has 0 saturated heterocycles. The fourth-order valence-corrected chi connectivity index (χ4v) is 1.35. The monoisotopic (exact) mass is 249 g/mol. The zero-order chi connectivity index (χ0) is 13.8. The van der Waals surface area contributed by atoms with Crippen molar-refractivity contribution in [3.05, 3.63) is 29.8 Å². The first-order valence-corrected chi connectivity index (χ1v) is 5.73. The van der Waals surface area contributed by atoms with Crippen LogP contribution in [-0.4, -0.2) is 24.5 Å². The van der Waals surface area contributed by atoms with Crippen LogP contribution >= 0.6 is 0 Å². The Morgan fingerprint density at radius 3 is 2.06 bits per heavy atom. The van der Waals surface area contributed by atoms with E-state index in [1.807, 2.05) is 20.8 Å². The predicted molar refractivity (Wildman–Crippen MR) is 71.7 cm³/mol. The first-order valence-electron chi connectivity index (χ1n) is 5.73. The van der Waals surface area contributed by atoms with Gasteiger partial charge in [0.15, 0.2) is 0 Å². The minimum Gasteiger partial charge on any atom is -0.355 e. The molecule has 3 N–H and O–H groups in total. The molecule has 5 nitrogen and oxygen atoms in total. The first-order chi connectivity index (χ1) is 8.31. The van der Waals surface area contributed by atoms with Gasteiger partial charge in [-0.15, -0.1) is 0 Å². The van der Waals surface area contributed by atoms with E-state index in [4.69, 9.17) is 0 Å². The first kappa shape index (κ1) is 14.0. The van der Waals surface area contributed by atoms with E-state index < -0.39 is 0 Å². The largest absolute Gasteiger partial charge is 0.355 e. The van der Waals surface area contributed by atoms with Gasteiger partial charge < -0.3 is 16.0 Å². The number of nitrogens with one attached hydrogen (secondary N) is 3. The molecule has 1 aromatic rings. The van der Waals surface area contributed by atoms with Crippen LogP contribution in [0.2, 0.25) is 0 Å². The van der Waals surface area contributed by atoms with Crippen molar-refractivity contribution in [3.63, 3.8) is 0 Å². The Balaban J connectivity index is 2.64. The van der Waals surface area contributed by atoms with E-state index in [1.54, 1.807) is 31.3 Å². The highest BCUT2D eigenvalue weighted by atomic mass is 16.2. The normalized spacial score (nSPS) is 10.7. The highest BCUT2D eigenvalue weighted by molar-refractivity contribution is 5.95. The standard InChI is InChI=1S/C13H19N3O2/c1-13(2,3)16-12(18)15-10-7-5-9(6-8-10)11(17)14-4/h5-8H,1-4H3,(H,14,17)(H2,15,16,18). The van der Waals surface area contributed by atoms with E-state index in [9.17, 15) is 9.59 Å². The number of rotatable bonds is 2. The number of benzene rings is 1. The van der Waals surface area contributed by atoms with Crippen LogP contribution in [0.5, 0.6) is 0 Å². The number of anilines is 1. The molecule has 0 saturated carbocycles. The van der Waals surface area contributed by atoms with Crippen molar-refractivity contribution in [2.24, 2.45) is 0 Å². The highest BCUT2D eigenvalue weighted by Gasteiger charge is 2.13. The summed E-state index contributed by atoms with van der Waals surface area (Å²) in [5.74, 6) is -0.152. The third-order valence-corrected chi connectivity index (χ3v) is 2.12. The molecular weight excluding hydrogens is 230 g/mol. The number of amides is 3. The van der Waals surface area contributed by atoms with Crippen LogP contribution in [0.15, 0.2) is 24.3 Å². The van der Waals surface area contributed by atoms with Crippen LogP contribution in [-0.2, 0) is 0 Å². The molecule has 0 atom stereocenters. The van der Waals surface area contributed by atoms with E-state index in [2.05, 4.69) is 16.0 Å². The van der Waals surface area contributed by atoms with Gasteiger partial charge in [-0.25, -0.2) is 4.79 Å². The molecular formula is C13H19N3O2. The van der Waals surface area contributed by atoms with Gasteiger partial charge in [-0.2, -0.15) is 0 Å². The van der Waals surface area contributed by atoms with Crippen LogP contribution in [0.25, 0.3) is 0 Å². The Bertz CT molecular complexity index is 433. The van der Waals surface area contributed by atoms with E-state index >= 15 is 0 Å². The summed E-state index contributed by atoms with van der Waals surface area (Å²) in [6, 6.07) is 6.42. The summed E-state index contributed by atoms with van der Waals surface area (Å²) in [5, 5.41) is 8.02. The number of carbonyl (C=O) groups is 2. The van der Waals surface area contributed by atoms with Gasteiger partial charge in [0.2, 0.25) is 0 Å². The van der Waals surface area contributed by atoms with E-state index in [-0.39, 0.29) is 17.5 Å². The molecule has 0 unspecified atom stereocenters. The average molecular weight is 249 g/mol. The molecule has 0 heterocycles. The smallest absolute Gasteiger partial charge is 0.319 e. The van der Waals surface area contributed by atoms with Crippen LogP contribution < -0.4 is 16.0 Å². The van der Waals surface area contributed by atoms with Gasteiger partial charge >= 0.3 is 6.03 Å². The summed E-state index contributed by atoms with van der Waals surface area (Å²) in [6.07, 6.45) is 0. The number of hydrogen-bond acceptors (Lipinski definition) is 2. The third kappa shape index (κ3) is 4.45. The lowest BCUT2D eigenvalue weighted by molar-refractivity contribution is 0.0963. The Labute approximate surface area is 107 Å². The van der Waals surface area contributed by atoms with Gasteiger partial charge in [-0.3, -0.25) is 4.79 Å². The number of urea groups is 1. The molecule has 0 spiro atoms. The fourth-order valence-electron chi connectivity index (χ4n) is 1.35. The molecule has 0 aliphatic heterocycles. The molecule has 3 amide bonds. The van der Waals surface area contributed by atoms with Gasteiger partial charge in [0, 0.05) is 23.8 Å². The van der Waals surface area contributed by atoms with Gasteiger partial charge in [0.1, 0.15) is 0 Å². The molecule has 0 aliphatic rings. The van der Waals surface area contributed by atoms with E-state index in [1.165, 1.54) is 0 Å². The second-order valence-electron chi connectivity index (χ2n) is 4.99. The molecule has 0 aliphatic carbocycles. The minimum absolute atomic E-state index is 0.152. The lowest BCUT2D eigenvalue weighted by Crippen LogP contribution is -2.43. The maximum absolute atomic E-state index is 11.6. The zero-order valence-electron chi connectivity index (χ0n) is 11.1. The van der Waals surface area contributed by atoms with E-state index in [0.29, 0.717) is 11.3 Å². The Kier molecular flexibility index (Phi) is 4.31. The third-order valence-electron chi connectivity index (χ3n) is 2.12. The zero-order valence-corrected chi connectivity index (χ0v) is 11.1. The molecule has 0 bridgehead atoms. The average Bonchev–Trinajstić information content (AvgIpc) is 2.26. The van der Waals surface area contributed by atoms with Gasteiger partial charge in [0.25, 0.3) is 5.91 Å². The van der Waals surface area contributed by atoms with Crippen molar-refractivity contribution < 1.29 is 9.59 Å². The van der Waals surface area contributed by atoms with Crippen LogP contribution in [0.4, 0.5) is 10.5 Å². The van der Waals surface area contributed by atoms with Crippen LogP contribution in [0, 0.1) is 0 Å². The second kappa shape index (κ2) is 5.53. The molecule has 0 fully saturated rings. The summed E-state index contributed by atoms with van der Waals surface area (Å²) >= 11 is 0. The molecule has 0 radical (unpaired) electrons. The fraction of sp³-hybridized carbons (Fsp3) is 0.385. The van der Waals surface area contributed by atoms with E-state index in [0.717, 1.165) is 0 Å². The summed E-state index contributed by atoms with van der Waals surface area (Å²) in [4.78, 5) is 22.9. The summed E-state index contributed by atoms with van der Waals surface area (Å²) in [5.41, 5.74) is 0.912. The van der Waals surface area contributed by atoms with Crippen molar-refractivity contribution in [2.45, 2.75) is 26.3 Å². The molecule has 98 valence electrons. The second-order valence-corrected chi connectivity index (χ2v) is 4.99. The van der Waals surface area contributed by atoms with Gasteiger partial charge in [-0.1, -0.05) is 0 Å². The van der Waals surface area contributed by atoms with Crippen molar-refractivity contribution in [1.29, 1.82) is 0 Å². The number of hydrogen-bond donors (Lipinski definition) is 3. The minimum atomic E-state index is -0.286. The Morgan fingerprint density at radius 1 is 1.06 bits per heavy atom. The van der Waals surface area contributed by atoms with Gasteiger partial charge in [0.05, 0.1) is 0 Å². The van der Waals surface area contributed by atoms with Crippen molar-refractivity contribution >= 4 is 17.6 Å². The summed E-state index contributed by atoms with van der Waals surface area (Å²) in [7, 11) is 1.57. The lowest BCUT2D eigenvalue weighted by Gasteiger charge is -2.20. The molecule has 0 aromatic heterocycles. The summed E-state index contributed by atoms with van der Waals surface area (Å²) < 4.78 is 0. The maximum Gasteiger partial charge on any atom is 0.319 e. The van der Waals surface area contributed by atoms with Crippen molar-refractivity contribution in [2.75, 3.05) is 12.4 Å². The van der Waals surface area contributed by atoms with Crippen molar-refractivity contribution in [1.82, 2.24) is 10.6 Å². The topological polar surface area (TPSA) is 70.2 Å². The predicted octanol–water partition coefficient (Wildman–Crippen LogP) is 1.97. The van der Waals surface area contributed by atoms with Crippen molar-refractivity contribution in [3.8, 4) is 0 Å². The Morgan fingerprint density at radius 2 is 1.61 bits per heavy atom. The maximum atomic E-state index is 11.6. The molecule has 1 rings (SSSR count). The van der Waals surface area contributed by atoms with Gasteiger partial charge in [-0.05, 0) is 45.0 Å². The SMILES string of the molecule is CNC(=O)c1ccc(NC(=O)NC(C)(C)C)cc1. The van der Waals surface area contributed by atoms with Crippen LogP contribution in [0.3, 0.4) is 0 Å². The molecule has 18 heavy (non-hydrogen) atoms.